The number of carbonyl (C=O) groups excluding carboxylic acids is 2. The van der Waals surface area contributed by atoms with E-state index in [-0.39, 0.29) is 12.0 Å². The monoisotopic (exact) mass is 493 g/mol. The van der Waals surface area contributed by atoms with Crippen molar-refractivity contribution in [3.05, 3.63) is 47.0 Å². The number of carbonyl (C=O) groups is 2. The summed E-state index contributed by atoms with van der Waals surface area (Å²) in [6.45, 7) is 7.10. The van der Waals surface area contributed by atoms with E-state index < -0.39 is 5.60 Å². The molecule has 0 unspecified atom stereocenters. The second-order valence-electron chi connectivity index (χ2n) is 10.5. The highest BCUT2D eigenvalue weighted by molar-refractivity contribution is 7.18. The molecule has 1 saturated heterocycles. The molecule has 3 heterocycles. The number of piperidine rings is 1. The molecule has 2 amide bonds. The summed E-state index contributed by atoms with van der Waals surface area (Å²) in [5.41, 5.74) is 1.57. The van der Waals surface area contributed by atoms with Gasteiger partial charge in [-0.15, -0.1) is 11.3 Å². The molecule has 1 N–H and O–H groups in total. The van der Waals surface area contributed by atoms with Crippen LogP contribution in [0.2, 0.25) is 0 Å². The maximum absolute atomic E-state index is 12.6. The molecule has 1 aliphatic heterocycles. The van der Waals surface area contributed by atoms with Gasteiger partial charge in [0, 0.05) is 43.5 Å². The summed E-state index contributed by atoms with van der Waals surface area (Å²) in [5.74, 6) is 1.56. The molecule has 0 atom stereocenters. The minimum atomic E-state index is -0.471. The molecule has 2 fully saturated rings. The van der Waals surface area contributed by atoms with Crippen LogP contribution >= 0.6 is 11.3 Å². The van der Waals surface area contributed by atoms with Crippen molar-refractivity contribution in [2.45, 2.75) is 64.4 Å². The van der Waals surface area contributed by atoms with Crippen LogP contribution in [0.25, 0.3) is 10.2 Å². The Hall–Kier alpha value is -3.07. The zero-order chi connectivity index (χ0) is 24.6. The SMILES string of the molecule is CC(C)(C)OC(=O)N1CCC(Cc2nc3cc(NC(=O)c4cnc(C5CC5)nc4)ccc3s2)CC1. The lowest BCUT2D eigenvalue weighted by Crippen LogP contribution is -2.42. The zero-order valence-electron chi connectivity index (χ0n) is 20.4. The molecule has 35 heavy (non-hydrogen) atoms. The van der Waals surface area contributed by atoms with E-state index in [1.165, 1.54) is 0 Å². The first kappa shape index (κ1) is 23.7. The van der Waals surface area contributed by atoms with Gasteiger partial charge in [0.25, 0.3) is 5.91 Å². The van der Waals surface area contributed by atoms with E-state index in [4.69, 9.17) is 9.72 Å². The Labute approximate surface area is 209 Å². The van der Waals surface area contributed by atoms with Crippen molar-refractivity contribution < 1.29 is 14.3 Å². The number of hydrogen-bond donors (Lipinski definition) is 1. The van der Waals surface area contributed by atoms with Gasteiger partial charge < -0.3 is 15.0 Å². The first-order chi connectivity index (χ1) is 16.7. The number of fused-ring (bicyclic) bond motifs is 1. The van der Waals surface area contributed by atoms with Crippen molar-refractivity contribution >= 4 is 39.2 Å². The van der Waals surface area contributed by atoms with Crippen molar-refractivity contribution in [3.8, 4) is 0 Å². The van der Waals surface area contributed by atoms with Crippen LogP contribution in [-0.2, 0) is 11.2 Å². The normalized spacial score (nSPS) is 16.9. The summed E-state index contributed by atoms with van der Waals surface area (Å²) >= 11 is 1.69. The number of thiazole rings is 1. The van der Waals surface area contributed by atoms with Gasteiger partial charge in [0.05, 0.1) is 20.8 Å². The topological polar surface area (TPSA) is 97.3 Å². The number of benzene rings is 1. The van der Waals surface area contributed by atoms with E-state index in [9.17, 15) is 9.59 Å². The van der Waals surface area contributed by atoms with Gasteiger partial charge in [0.15, 0.2) is 0 Å². The average Bonchev–Trinajstić information content (AvgIpc) is 3.59. The predicted octanol–water partition coefficient (Wildman–Crippen LogP) is 5.41. The van der Waals surface area contributed by atoms with Gasteiger partial charge in [-0.2, -0.15) is 0 Å². The van der Waals surface area contributed by atoms with Crippen LogP contribution in [0.4, 0.5) is 10.5 Å². The Morgan fingerprint density at radius 2 is 1.83 bits per heavy atom. The Balaban J connectivity index is 1.17. The van der Waals surface area contributed by atoms with E-state index in [2.05, 4.69) is 15.3 Å². The van der Waals surface area contributed by atoms with Crippen molar-refractivity contribution in [3.63, 3.8) is 0 Å². The molecule has 1 aliphatic carbocycles. The predicted molar refractivity (Wildman–Crippen MR) is 136 cm³/mol. The quantitative estimate of drug-likeness (QED) is 0.511. The zero-order valence-corrected chi connectivity index (χ0v) is 21.2. The third-order valence-corrected chi connectivity index (χ3v) is 7.35. The smallest absolute Gasteiger partial charge is 0.410 e. The standard InChI is InChI=1S/C26H31N5O3S/c1-26(2,3)34-25(33)31-10-8-16(9-11-31)12-22-30-20-13-19(6-7-21(20)35-22)29-24(32)18-14-27-23(28-15-18)17-4-5-17/h6-7,13-17H,4-5,8-12H2,1-3H3,(H,29,32). The third-order valence-electron chi connectivity index (χ3n) is 6.30. The summed E-state index contributed by atoms with van der Waals surface area (Å²) in [7, 11) is 0. The lowest BCUT2D eigenvalue weighted by Gasteiger charge is -2.33. The second-order valence-corrected chi connectivity index (χ2v) is 11.6. The van der Waals surface area contributed by atoms with Gasteiger partial charge in [-0.25, -0.2) is 19.7 Å². The summed E-state index contributed by atoms with van der Waals surface area (Å²) < 4.78 is 6.59. The highest BCUT2D eigenvalue weighted by Gasteiger charge is 2.28. The lowest BCUT2D eigenvalue weighted by molar-refractivity contribution is 0.0184. The Morgan fingerprint density at radius 3 is 2.49 bits per heavy atom. The third kappa shape index (κ3) is 5.96. The van der Waals surface area contributed by atoms with E-state index in [0.29, 0.717) is 36.2 Å². The molecule has 0 radical (unpaired) electrons. The Bertz CT molecular complexity index is 1220. The van der Waals surface area contributed by atoms with Crippen LogP contribution in [0.1, 0.15) is 73.6 Å². The molecule has 184 valence electrons. The molecule has 9 heteroatoms. The van der Waals surface area contributed by atoms with Crippen LogP contribution in [-0.4, -0.2) is 50.5 Å². The fraction of sp³-hybridized carbons (Fsp3) is 0.500. The molecule has 5 rings (SSSR count). The average molecular weight is 494 g/mol. The van der Waals surface area contributed by atoms with Gasteiger partial charge in [0.1, 0.15) is 11.4 Å². The number of ether oxygens (including phenoxy) is 1. The highest BCUT2D eigenvalue weighted by Crippen LogP contribution is 2.37. The van der Waals surface area contributed by atoms with Gasteiger partial charge in [-0.3, -0.25) is 4.79 Å². The molecule has 1 aromatic carbocycles. The van der Waals surface area contributed by atoms with Crippen LogP contribution in [0.5, 0.6) is 0 Å². The molecule has 1 saturated carbocycles. The number of rotatable bonds is 5. The fourth-order valence-electron chi connectivity index (χ4n) is 4.24. The summed E-state index contributed by atoms with van der Waals surface area (Å²) in [4.78, 5) is 40.2. The summed E-state index contributed by atoms with van der Waals surface area (Å²) in [5, 5.41) is 4.02. The number of nitrogens with zero attached hydrogens (tertiary/aromatic N) is 4. The molecule has 2 aliphatic rings. The van der Waals surface area contributed by atoms with Gasteiger partial charge in [0.2, 0.25) is 0 Å². The van der Waals surface area contributed by atoms with Crippen molar-refractivity contribution in [1.29, 1.82) is 0 Å². The molecule has 0 bridgehead atoms. The minimum absolute atomic E-state index is 0.223. The van der Waals surface area contributed by atoms with Gasteiger partial charge in [-0.05, 0) is 70.6 Å². The molecule has 2 aromatic heterocycles. The highest BCUT2D eigenvalue weighted by atomic mass is 32.1. The van der Waals surface area contributed by atoms with Crippen LogP contribution < -0.4 is 5.32 Å². The van der Waals surface area contributed by atoms with E-state index in [1.807, 2.05) is 39.0 Å². The number of anilines is 1. The van der Waals surface area contributed by atoms with Crippen LogP contribution in [0.3, 0.4) is 0 Å². The first-order valence-corrected chi connectivity index (χ1v) is 13.1. The van der Waals surface area contributed by atoms with Crippen LogP contribution in [0, 0.1) is 5.92 Å². The first-order valence-electron chi connectivity index (χ1n) is 12.2. The number of likely N-dealkylation sites (tertiary alicyclic amines) is 1. The minimum Gasteiger partial charge on any atom is -0.444 e. The van der Waals surface area contributed by atoms with Gasteiger partial charge in [-0.1, -0.05) is 0 Å². The number of amides is 2. The largest absolute Gasteiger partial charge is 0.444 e. The summed E-state index contributed by atoms with van der Waals surface area (Å²) in [6, 6.07) is 5.82. The molecular weight excluding hydrogens is 462 g/mol. The molecule has 0 spiro atoms. The molecule has 3 aromatic rings. The Morgan fingerprint density at radius 1 is 1.11 bits per heavy atom. The lowest BCUT2D eigenvalue weighted by atomic mass is 9.94. The van der Waals surface area contributed by atoms with E-state index in [0.717, 1.165) is 53.2 Å². The molecular formula is C26H31N5O3S. The number of hydrogen-bond acceptors (Lipinski definition) is 7. The second kappa shape index (κ2) is 9.53. The number of aromatic nitrogens is 3. The van der Waals surface area contributed by atoms with Crippen molar-refractivity contribution in [2.24, 2.45) is 5.92 Å². The van der Waals surface area contributed by atoms with E-state index >= 15 is 0 Å². The van der Waals surface area contributed by atoms with Crippen LogP contribution in [0.15, 0.2) is 30.6 Å². The maximum Gasteiger partial charge on any atom is 0.410 e. The number of nitrogens with one attached hydrogen (secondary N) is 1. The summed E-state index contributed by atoms with van der Waals surface area (Å²) in [6.07, 6.45) is 8.02. The molecule has 8 nitrogen and oxygen atoms in total. The Kier molecular flexibility index (Phi) is 6.44. The van der Waals surface area contributed by atoms with Gasteiger partial charge >= 0.3 is 6.09 Å². The maximum atomic E-state index is 12.6. The van der Waals surface area contributed by atoms with Crippen molar-refractivity contribution in [2.75, 3.05) is 18.4 Å². The van der Waals surface area contributed by atoms with E-state index in [1.54, 1.807) is 28.6 Å². The fourth-order valence-corrected chi connectivity index (χ4v) is 5.31. The van der Waals surface area contributed by atoms with Crippen molar-refractivity contribution in [1.82, 2.24) is 19.9 Å².